The van der Waals surface area contributed by atoms with E-state index >= 15 is 0 Å². The Morgan fingerprint density at radius 2 is 1.87 bits per heavy atom. The van der Waals surface area contributed by atoms with Crippen molar-refractivity contribution in [2.45, 2.75) is 0 Å². The van der Waals surface area contributed by atoms with Crippen molar-refractivity contribution in [3.63, 3.8) is 0 Å². The summed E-state index contributed by atoms with van der Waals surface area (Å²) in [5.41, 5.74) is 4.76. The lowest BCUT2D eigenvalue weighted by Gasteiger charge is -2.07. The molecule has 2 aromatic carbocycles. The molecule has 0 saturated carbocycles. The Balaban J connectivity index is 1.95. The molecule has 114 valence electrons. The summed E-state index contributed by atoms with van der Waals surface area (Å²) in [6, 6.07) is 13.6. The number of para-hydroxylation sites is 1. The highest BCUT2D eigenvalue weighted by Gasteiger charge is 2.11. The minimum absolute atomic E-state index is 0.243. The van der Waals surface area contributed by atoms with Crippen LogP contribution in [0.15, 0.2) is 54.9 Å². The van der Waals surface area contributed by atoms with Gasteiger partial charge in [0.15, 0.2) is 10.7 Å². The van der Waals surface area contributed by atoms with Gasteiger partial charge in [-0.3, -0.25) is 5.43 Å². The number of benzene rings is 2. The number of hydrogen-bond donors (Lipinski definition) is 1. The second kappa shape index (κ2) is 7.09. The van der Waals surface area contributed by atoms with Gasteiger partial charge >= 0.3 is 0 Å². The lowest BCUT2D eigenvalue weighted by atomic mass is 10.3. The molecule has 0 atom stereocenters. The summed E-state index contributed by atoms with van der Waals surface area (Å²) < 4.78 is 3.60. The Morgan fingerprint density at radius 3 is 2.52 bits per heavy atom. The molecule has 1 aromatic heterocycles. The van der Waals surface area contributed by atoms with Gasteiger partial charge in [-0.15, -0.1) is 11.3 Å². The zero-order valence-electron chi connectivity index (χ0n) is 11.3. The average Bonchev–Trinajstić information content (AvgIpc) is 2.93. The maximum atomic E-state index is 9.38. The molecular formula is C15H7Br3N4S. The van der Waals surface area contributed by atoms with Crippen molar-refractivity contribution < 1.29 is 0 Å². The normalized spacial score (nSPS) is 11.5. The van der Waals surface area contributed by atoms with Gasteiger partial charge in [0, 0.05) is 13.4 Å². The van der Waals surface area contributed by atoms with Gasteiger partial charge in [0.05, 0.1) is 15.9 Å². The first-order valence-corrected chi connectivity index (χ1v) is 9.52. The Hall–Kier alpha value is -1.27. The smallest absolute Gasteiger partial charge is 0.196 e. The summed E-state index contributed by atoms with van der Waals surface area (Å²) in [4.78, 5) is 4.45. The number of thiazole rings is 1. The molecule has 0 spiro atoms. The molecule has 4 nitrogen and oxygen atoms in total. The minimum Gasteiger partial charge on any atom is -0.275 e. The van der Waals surface area contributed by atoms with Crippen LogP contribution in [-0.2, 0) is 0 Å². The molecule has 0 amide bonds. The van der Waals surface area contributed by atoms with Crippen LogP contribution in [0.1, 0.15) is 5.01 Å². The highest BCUT2D eigenvalue weighted by atomic mass is 79.9. The van der Waals surface area contributed by atoms with Gasteiger partial charge in [-0.1, -0.05) is 28.1 Å². The number of hydrazone groups is 1. The Morgan fingerprint density at radius 1 is 1.17 bits per heavy atom. The van der Waals surface area contributed by atoms with Gasteiger partial charge < -0.3 is 0 Å². The van der Waals surface area contributed by atoms with Crippen LogP contribution in [0.3, 0.4) is 0 Å². The van der Waals surface area contributed by atoms with Crippen molar-refractivity contribution in [3.8, 4) is 6.07 Å². The topological polar surface area (TPSA) is 61.1 Å². The molecule has 0 bridgehead atoms. The summed E-state index contributed by atoms with van der Waals surface area (Å²) in [6.07, 6.45) is 0. The summed E-state index contributed by atoms with van der Waals surface area (Å²) in [5, 5.41) is 14.2. The largest absolute Gasteiger partial charge is 0.275 e. The van der Waals surface area contributed by atoms with Crippen molar-refractivity contribution in [2.24, 2.45) is 5.10 Å². The van der Waals surface area contributed by atoms with E-state index in [1.165, 1.54) is 11.3 Å². The number of anilines is 1. The quantitative estimate of drug-likeness (QED) is 0.348. The third-order valence-electron chi connectivity index (χ3n) is 2.89. The molecule has 0 saturated heterocycles. The molecule has 3 rings (SSSR count). The number of fused-ring (bicyclic) bond motifs is 1. The van der Waals surface area contributed by atoms with E-state index < -0.39 is 0 Å². The van der Waals surface area contributed by atoms with Crippen LogP contribution >= 0.6 is 59.1 Å². The summed E-state index contributed by atoms with van der Waals surface area (Å²) in [7, 11) is 0. The van der Waals surface area contributed by atoms with Crippen molar-refractivity contribution in [1.29, 1.82) is 5.26 Å². The van der Waals surface area contributed by atoms with Gasteiger partial charge in [0.1, 0.15) is 6.07 Å². The first-order valence-electron chi connectivity index (χ1n) is 6.33. The van der Waals surface area contributed by atoms with Gasteiger partial charge in [0.25, 0.3) is 0 Å². The fraction of sp³-hybridized carbons (Fsp3) is 0. The molecule has 0 radical (unpaired) electrons. The molecule has 0 aliphatic rings. The predicted molar refractivity (Wildman–Crippen MR) is 105 cm³/mol. The summed E-state index contributed by atoms with van der Waals surface area (Å²) in [5.74, 6) is 0. The van der Waals surface area contributed by atoms with E-state index in [1.807, 2.05) is 36.4 Å². The van der Waals surface area contributed by atoms with Gasteiger partial charge in [0.2, 0.25) is 0 Å². The SMILES string of the molecule is N#CC(=NNc1c(Br)cc(Br)cc1Br)c1nc2ccccc2s1. The lowest BCUT2D eigenvalue weighted by Crippen LogP contribution is -2.02. The van der Waals surface area contributed by atoms with E-state index in [1.54, 1.807) is 0 Å². The molecule has 0 fully saturated rings. The fourth-order valence-corrected chi connectivity index (χ4v) is 5.20. The Bertz CT molecular complexity index is 903. The van der Waals surface area contributed by atoms with Crippen molar-refractivity contribution in [2.75, 3.05) is 5.43 Å². The van der Waals surface area contributed by atoms with Crippen LogP contribution in [0.25, 0.3) is 10.2 Å². The maximum Gasteiger partial charge on any atom is 0.196 e. The highest BCUT2D eigenvalue weighted by Crippen LogP contribution is 2.34. The molecule has 23 heavy (non-hydrogen) atoms. The number of hydrogen-bond acceptors (Lipinski definition) is 5. The molecule has 3 aromatic rings. The maximum absolute atomic E-state index is 9.38. The standard InChI is InChI=1S/C15H7Br3N4S/c16-8-5-9(17)14(10(18)6-8)22-21-12(7-19)15-20-11-3-1-2-4-13(11)23-15/h1-6,22H. The highest BCUT2D eigenvalue weighted by molar-refractivity contribution is 9.11. The van der Waals surface area contributed by atoms with E-state index in [9.17, 15) is 5.26 Å². The zero-order valence-corrected chi connectivity index (χ0v) is 16.9. The zero-order chi connectivity index (χ0) is 16.4. The molecule has 0 aliphatic carbocycles. The van der Waals surface area contributed by atoms with Crippen LogP contribution in [0.2, 0.25) is 0 Å². The van der Waals surface area contributed by atoms with Crippen LogP contribution in [0.5, 0.6) is 0 Å². The first-order chi connectivity index (χ1) is 11.1. The number of aromatic nitrogens is 1. The molecular weight excluding hydrogens is 508 g/mol. The van der Waals surface area contributed by atoms with Crippen LogP contribution in [-0.4, -0.2) is 10.7 Å². The number of nitriles is 1. The van der Waals surface area contributed by atoms with Crippen molar-refractivity contribution in [3.05, 3.63) is 54.8 Å². The van der Waals surface area contributed by atoms with E-state index in [0.717, 1.165) is 29.3 Å². The van der Waals surface area contributed by atoms with E-state index in [-0.39, 0.29) is 5.71 Å². The Kier molecular flexibility index (Phi) is 5.11. The molecule has 1 heterocycles. The number of halogens is 3. The molecule has 0 aliphatic heterocycles. The third-order valence-corrected chi connectivity index (χ3v) is 5.64. The summed E-state index contributed by atoms with van der Waals surface area (Å²) in [6.45, 7) is 0. The number of rotatable bonds is 3. The molecule has 1 N–H and O–H groups in total. The minimum atomic E-state index is 0.243. The van der Waals surface area contributed by atoms with Crippen LogP contribution < -0.4 is 5.43 Å². The van der Waals surface area contributed by atoms with Gasteiger partial charge in [-0.25, -0.2) is 4.98 Å². The predicted octanol–water partition coefficient (Wildman–Crippen LogP) is 5.92. The van der Waals surface area contributed by atoms with E-state index in [0.29, 0.717) is 5.01 Å². The number of nitrogens with zero attached hydrogens (tertiary/aromatic N) is 3. The van der Waals surface area contributed by atoms with E-state index in [4.69, 9.17) is 0 Å². The molecule has 0 unspecified atom stereocenters. The summed E-state index contributed by atoms with van der Waals surface area (Å²) >= 11 is 11.8. The van der Waals surface area contributed by atoms with Crippen LogP contribution in [0, 0.1) is 11.3 Å². The van der Waals surface area contributed by atoms with Crippen LogP contribution in [0.4, 0.5) is 5.69 Å². The average molecular weight is 515 g/mol. The first kappa shape index (κ1) is 16.6. The third kappa shape index (κ3) is 3.63. The molecule has 8 heteroatoms. The second-order valence-corrected chi connectivity index (χ2v) is 8.07. The number of nitrogens with one attached hydrogen (secondary N) is 1. The monoisotopic (exact) mass is 512 g/mol. The van der Waals surface area contributed by atoms with Crippen molar-refractivity contribution in [1.82, 2.24) is 4.98 Å². The Labute approximate surface area is 161 Å². The van der Waals surface area contributed by atoms with Gasteiger partial charge in [-0.2, -0.15) is 10.4 Å². The second-order valence-electron chi connectivity index (χ2n) is 4.42. The van der Waals surface area contributed by atoms with E-state index in [2.05, 4.69) is 69.4 Å². The van der Waals surface area contributed by atoms with Gasteiger partial charge in [-0.05, 0) is 56.1 Å². The fourth-order valence-electron chi connectivity index (χ4n) is 1.85. The lowest BCUT2D eigenvalue weighted by molar-refractivity contribution is 1.30. The van der Waals surface area contributed by atoms with Crippen molar-refractivity contribution >= 4 is 80.7 Å².